The summed E-state index contributed by atoms with van der Waals surface area (Å²) < 4.78 is 14.9. The van der Waals surface area contributed by atoms with Crippen LogP contribution >= 0.6 is 0 Å². The maximum absolute atomic E-state index is 13.1. The lowest BCUT2D eigenvalue weighted by molar-refractivity contribution is 0.326. The molecule has 1 atom stereocenters. The van der Waals surface area contributed by atoms with Gasteiger partial charge in [0.25, 0.3) is 0 Å². The number of nitrogens with one attached hydrogen (secondary N) is 1. The summed E-state index contributed by atoms with van der Waals surface area (Å²) in [6, 6.07) is 6.72. The highest BCUT2D eigenvalue weighted by Crippen LogP contribution is 2.29. The van der Waals surface area contributed by atoms with E-state index < -0.39 is 0 Å². The summed E-state index contributed by atoms with van der Waals surface area (Å²) in [4.78, 5) is 0. The van der Waals surface area contributed by atoms with Gasteiger partial charge >= 0.3 is 0 Å². The first-order valence-corrected chi connectivity index (χ1v) is 7.13. The lowest BCUT2D eigenvalue weighted by Crippen LogP contribution is -2.48. The van der Waals surface area contributed by atoms with E-state index in [4.69, 9.17) is 5.84 Å². The van der Waals surface area contributed by atoms with Crippen molar-refractivity contribution in [3.63, 3.8) is 0 Å². The van der Waals surface area contributed by atoms with Gasteiger partial charge < -0.3 is 0 Å². The lowest BCUT2D eigenvalue weighted by atomic mass is 9.76. The topological polar surface area (TPSA) is 55.9 Å². The largest absolute Gasteiger partial charge is 0.276 e. The number of halogens is 1. The molecule has 0 bridgehead atoms. The molecular formula is C16H23FN4. The third kappa shape index (κ3) is 3.68. The van der Waals surface area contributed by atoms with Crippen LogP contribution in [-0.2, 0) is 18.9 Å². The monoisotopic (exact) mass is 290 g/mol. The number of aromatic nitrogens is 2. The highest BCUT2D eigenvalue weighted by Gasteiger charge is 2.30. The Kier molecular flexibility index (Phi) is 4.75. The first-order valence-electron chi connectivity index (χ1n) is 7.13. The summed E-state index contributed by atoms with van der Waals surface area (Å²) in [5, 5.41) is 4.17. The fraction of sp³-hybridized carbons (Fsp3) is 0.438. The first kappa shape index (κ1) is 15.7. The van der Waals surface area contributed by atoms with Crippen LogP contribution in [-0.4, -0.2) is 15.8 Å². The van der Waals surface area contributed by atoms with Gasteiger partial charge in [-0.15, -0.1) is 0 Å². The van der Waals surface area contributed by atoms with Crippen LogP contribution in [0.25, 0.3) is 0 Å². The second kappa shape index (κ2) is 6.37. The zero-order valence-electron chi connectivity index (χ0n) is 12.8. The van der Waals surface area contributed by atoms with Gasteiger partial charge in [-0.05, 0) is 36.1 Å². The van der Waals surface area contributed by atoms with E-state index in [2.05, 4.69) is 24.4 Å². The Hall–Kier alpha value is -1.72. The Morgan fingerprint density at radius 1 is 1.33 bits per heavy atom. The number of aryl methyl sites for hydroxylation is 2. The number of hydrazine groups is 1. The number of nitrogens with two attached hydrogens (primary N) is 1. The van der Waals surface area contributed by atoms with Crippen molar-refractivity contribution in [1.82, 2.24) is 15.2 Å². The van der Waals surface area contributed by atoms with Gasteiger partial charge in [0.05, 0.1) is 6.20 Å². The molecule has 2 rings (SSSR count). The van der Waals surface area contributed by atoms with E-state index in [0.717, 1.165) is 18.4 Å². The number of rotatable bonds is 6. The lowest BCUT2D eigenvalue weighted by Gasteiger charge is -2.34. The summed E-state index contributed by atoms with van der Waals surface area (Å²) >= 11 is 0. The number of hydrogen-bond acceptors (Lipinski definition) is 3. The molecule has 4 nitrogen and oxygen atoms in total. The van der Waals surface area contributed by atoms with E-state index >= 15 is 0 Å². The molecule has 0 aliphatic heterocycles. The predicted octanol–water partition coefficient (Wildman–Crippen LogP) is 2.30. The molecule has 5 heteroatoms. The van der Waals surface area contributed by atoms with Crippen LogP contribution in [0.5, 0.6) is 0 Å². The summed E-state index contributed by atoms with van der Waals surface area (Å²) in [6.45, 7) is 4.24. The maximum atomic E-state index is 13.1. The van der Waals surface area contributed by atoms with Crippen LogP contribution in [0.3, 0.4) is 0 Å². The minimum Gasteiger partial charge on any atom is -0.276 e. The predicted molar refractivity (Wildman–Crippen MR) is 82.1 cm³/mol. The molecule has 0 aliphatic carbocycles. The van der Waals surface area contributed by atoms with Gasteiger partial charge in [0.1, 0.15) is 5.82 Å². The van der Waals surface area contributed by atoms with Crippen molar-refractivity contribution in [1.29, 1.82) is 0 Å². The van der Waals surface area contributed by atoms with Gasteiger partial charge in [0.15, 0.2) is 0 Å². The molecule has 21 heavy (non-hydrogen) atoms. The van der Waals surface area contributed by atoms with E-state index in [1.807, 2.05) is 31.6 Å². The van der Waals surface area contributed by atoms with E-state index in [-0.39, 0.29) is 17.3 Å². The molecule has 0 radical (unpaired) electrons. The zero-order valence-corrected chi connectivity index (χ0v) is 12.8. The average Bonchev–Trinajstić information content (AvgIpc) is 2.85. The van der Waals surface area contributed by atoms with Crippen molar-refractivity contribution in [2.45, 2.75) is 38.1 Å². The molecule has 0 fully saturated rings. The molecule has 0 saturated heterocycles. The van der Waals surface area contributed by atoms with Crippen LogP contribution in [0.2, 0.25) is 0 Å². The Labute approximate surface area is 125 Å². The second-order valence-electron chi connectivity index (χ2n) is 6.01. The van der Waals surface area contributed by atoms with Gasteiger partial charge in [0, 0.05) is 24.7 Å². The van der Waals surface area contributed by atoms with Gasteiger partial charge in [-0.3, -0.25) is 16.0 Å². The molecule has 1 unspecified atom stereocenters. The van der Waals surface area contributed by atoms with Gasteiger partial charge in [-0.2, -0.15) is 5.10 Å². The summed E-state index contributed by atoms with van der Waals surface area (Å²) in [5.41, 5.74) is 4.98. The molecule has 1 aromatic carbocycles. The van der Waals surface area contributed by atoms with Crippen LogP contribution in [0.1, 0.15) is 31.4 Å². The average molecular weight is 290 g/mol. The van der Waals surface area contributed by atoms with Gasteiger partial charge in [-0.1, -0.05) is 26.0 Å². The van der Waals surface area contributed by atoms with E-state index in [9.17, 15) is 4.39 Å². The molecule has 2 aromatic rings. The number of hydrogen-bond donors (Lipinski definition) is 2. The molecule has 0 spiro atoms. The van der Waals surface area contributed by atoms with Crippen molar-refractivity contribution in [3.8, 4) is 0 Å². The number of nitrogens with zero attached hydrogens (tertiary/aromatic N) is 2. The molecule has 1 aromatic heterocycles. The van der Waals surface area contributed by atoms with E-state index in [0.29, 0.717) is 0 Å². The molecule has 0 amide bonds. The van der Waals surface area contributed by atoms with Crippen molar-refractivity contribution < 1.29 is 4.39 Å². The molecule has 114 valence electrons. The van der Waals surface area contributed by atoms with E-state index in [1.54, 1.807) is 4.68 Å². The molecule has 1 heterocycles. The third-order valence-corrected chi connectivity index (χ3v) is 4.14. The molecule has 0 saturated carbocycles. The van der Waals surface area contributed by atoms with Crippen LogP contribution in [0.15, 0.2) is 36.7 Å². The smallest absolute Gasteiger partial charge is 0.123 e. The highest BCUT2D eigenvalue weighted by molar-refractivity contribution is 5.26. The maximum Gasteiger partial charge on any atom is 0.123 e. The van der Waals surface area contributed by atoms with E-state index in [1.165, 1.54) is 17.7 Å². The van der Waals surface area contributed by atoms with Gasteiger partial charge in [-0.25, -0.2) is 4.39 Å². The van der Waals surface area contributed by atoms with Crippen LogP contribution in [0, 0.1) is 5.82 Å². The molecule has 3 N–H and O–H groups in total. The summed E-state index contributed by atoms with van der Waals surface area (Å²) in [7, 11) is 1.91. The van der Waals surface area contributed by atoms with Crippen molar-refractivity contribution in [2.75, 3.05) is 0 Å². The Bertz CT molecular complexity index is 574. The Morgan fingerprint density at radius 3 is 2.52 bits per heavy atom. The summed E-state index contributed by atoms with van der Waals surface area (Å²) in [5.74, 6) is 5.53. The van der Waals surface area contributed by atoms with Gasteiger partial charge in [0.2, 0.25) is 0 Å². The minimum atomic E-state index is -0.220. The first-order chi connectivity index (χ1) is 9.93. The fourth-order valence-electron chi connectivity index (χ4n) is 2.65. The zero-order chi connectivity index (χ0) is 15.5. The molecular weight excluding hydrogens is 267 g/mol. The van der Waals surface area contributed by atoms with Crippen LogP contribution < -0.4 is 11.3 Å². The van der Waals surface area contributed by atoms with Crippen LogP contribution in [0.4, 0.5) is 4.39 Å². The second-order valence-corrected chi connectivity index (χ2v) is 6.01. The highest BCUT2D eigenvalue weighted by atomic mass is 19.1. The fourth-order valence-corrected chi connectivity index (χ4v) is 2.65. The minimum absolute atomic E-state index is 0.0863. The quantitative estimate of drug-likeness (QED) is 0.634. The van der Waals surface area contributed by atoms with Crippen molar-refractivity contribution >= 4 is 0 Å². The summed E-state index contributed by atoms with van der Waals surface area (Å²) in [6.07, 6.45) is 5.66. The van der Waals surface area contributed by atoms with Crippen molar-refractivity contribution in [3.05, 3.63) is 53.6 Å². The Morgan fingerprint density at radius 2 is 2.00 bits per heavy atom. The number of benzene rings is 1. The third-order valence-electron chi connectivity index (χ3n) is 4.14. The SMILES string of the molecule is Cn1cc(CCC(NN)C(C)(C)c2ccc(F)cc2)cn1. The standard InChI is InChI=1S/C16H23FN4/c1-16(2,13-5-7-14(17)8-6-13)15(20-18)9-4-12-10-19-21(3)11-12/h5-8,10-11,15,20H,4,9,18H2,1-3H3. The Balaban J connectivity index is 2.09. The molecule has 0 aliphatic rings. The normalized spacial score (nSPS) is 13.4. The van der Waals surface area contributed by atoms with Crippen molar-refractivity contribution in [2.24, 2.45) is 12.9 Å².